The highest BCUT2D eigenvalue weighted by molar-refractivity contribution is 7.45. The highest BCUT2D eigenvalue weighted by atomic mass is 31.2. The zero-order chi connectivity index (χ0) is 43.6. The van der Waals surface area contributed by atoms with Crippen LogP contribution in [0.5, 0.6) is 0 Å². The molecular weight excluding hydrogens is 762 g/mol. The summed E-state index contributed by atoms with van der Waals surface area (Å²) in [5, 5.41) is 0. The minimum atomic E-state index is -4.64. The van der Waals surface area contributed by atoms with E-state index in [1.54, 1.807) is 0 Å². The van der Waals surface area contributed by atoms with Crippen molar-refractivity contribution in [1.29, 1.82) is 0 Å². The van der Waals surface area contributed by atoms with E-state index in [1.807, 2.05) is 57.6 Å². The van der Waals surface area contributed by atoms with Crippen molar-refractivity contribution in [3.63, 3.8) is 0 Å². The summed E-state index contributed by atoms with van der Waals surface area (Å²) in [6.07, 6.45) is 51.9. The number of hydrogen-bond donors (Lipinski definition) is 0. The average Bonchev–Trinajstić information content (AvgIpc) is 3.19. The first-order chi connectivity index (χ1) is 28.5. The molecule has 0 aliphatic heterocycles. The number of allylic oxidation sites excluding steroid dienone is 14. The van der Waals surface area contributed by atoms with E-state index in [-0.39, 0.29) is 26.1 Å². The molecule has 0 aromatic heterocycles. The maximum absolute atomic E-state index is 12.6. The van der Waals surface area contributed by atoms with Gasteiger partial charge in [0.2, 0.25) is 0 Å². The molecule has 0 aliphatic carbocycles. The van der Waals surface area contributed by atoms with Gasteiger partial charge in [-0.2, -0.15) is 0 Å². The minimum Gasteiger partial charge on any atom is -0.756 e. The van der Waals surface area contributed by atoms with Crippen LogP contribution >= 0.6 is 7.82 Å². The van der Waals surface area contributed by atoms with E-state index in [0.717, 1.165) is 64.2 Å². The SMILES string of the molecule is CC/C=C/C=C/C=C/C=C/CCCCCC(=O)OC(COC(=O)CCCCCCCCCCC/C=C/C/C=C/C/C=C/CCCCC)COP(=O)([O-])OCC[N+](C)(C)C. The Morgan fingerprint density at radius 3 is 1.61 bits per heavy atom. The molecule has 0 saturated carbocycles. The number of carbonyl (C=O) groups is 2. The maximum atomic E-state index is 12.6. The third kappa shape index (κ3) is 44.6. The zero-order valence-corrected chi connectivity index (χ0v) is 38.8. The number of rotatable bonds is 40. The Kier molecular flexibility index (Phi) is 38.7. The number of likely N-dealkylation sites (N-methyl/N-ethyl adjacent to an activating group) is 1. The molecule has 0 aromatic carbocycles. The first-order valence-electron chi connectivity index (χ1n) is 22.8. The highest BCUT2D eigenvalue weighted by Crippen LogP contribution is 2.38. The van der Waals surface area contributed by atoms with E-state index in [2.05, 4.69) is 62.5 Å². The predicted octanol–water partition coefficient (Wildman–Crippen LogP) is 12.6. The molecule has 0 bridgehead atoms. The summed E-state index contributed by atoms with van der Waals surface area (Å²) >= 11 is 0. The first-order valence-corrected chi connectivity index (χ1v) is 24.3. The highest BCUT2D eigenvalue weighted by Gasteiger charge is 2.21. The quantitative estimate of drug-likeness (QED) is 0.0150. The van der Waals surface area contributed by atoms with E-state index in [4.69, 9.17) is 18.5 Å². The number of hydrogen-bond acceptors (Lipinski definition) is 8. The molecule has 0 aliphatic rings. The fraction of sp³-hybridized carbons (Fsp3) is 0.673. The molecule has 0 aromatic rings. The molecule has 0 fully saturated rings. The second-order valence-electron chi connectivity index (χ2n) is 16.1. The number of unbranched alkanes of at least 4 members (excludes halogenated alkanes) is 15. The fourth-order valence-electron chi connectivity index (χ4n) is 5.67. The maximum Gasteiger partial charge on any atom is 0.306 e. The monoisotopic (exact) mass is 846 g/mol. The van der Waals surface area contributed by atoms with Crippen molar-refractivity contribution in [3.8, 4) is 0 Å². The Labute approximate surface area is 361 Å². The van der Waals surface area contributed by atoms with Crippen LogP contribution < -0.4 is 4.89 Å². The molecule has 0 saturated heterocycles. The Hall–Kier alpha value is -2.81. The van der Waals surface area contributed by atoms with Crippen LogP contribution in [-0.2, 0) is 32.7 Å². The summed E-state index contributed by atoms with van der Waals surface area (Å²) in [6, 6.07) is 0. The fourth-order valence-corrected chi connectivity index (χ4v) is 6.40. The minimum absolute atomic E-state index is 0.0444. The van der Waals surface area contributed by atoms with Gasteiger partial charge in [0.1, 0.15) is 19.8 Å². The van der Waals surface area contributed by atoms with Crippen molar-refractivity contribution in [1.82, 2.24) is 0 Å². The van der Waals surface area contributed by atoms with E-state index in [9.17, 15) is 19.0 Å². The number of phosphoric ester groups is 1. The van der Waals surface area contributed by atoms with Crippen LogP contribution in [0, 0.1) is 0 Å². The Morgan fingerprint density at radius 1 is 0.559 bits per heavy atom. The number of quaternary nitrogens is 1. The van der Waals surface area contributed by atoms with Crippen LogP contribution in [0.15, 0.2) is 85.1 Å². The topological polar surface area (TPSA) is 111 Å². The second-order valence-corrected chi connectivity index (χ2v) is 17.5. The van der Waals surface area contributed by atoms with E-state index >= 15 is 0 Å². The molecule has 0 spiro atoms. The van der Waals surface area contributed by atoms with Crippen LogP contribution in [0.4, 0.5) is 0 Å². The molecule has 10 heteroatoms. The van der Waals surface area contributed by atoms with Crippen LogP contribution in [0.1, 0.15) is 162 Å². The lowest BCUT2D eigenvalue weighted by Crippen LogP contribution is -2.37. The van der Waals surface area contributed by atoms with Crippen LogP contribution in [0.2, 0.25) is 0 Å². The average molecular weight is 846 g/mol. The standard InChI is InChI=1S/C49H84NO8P/c1-6-8-10-12-14-16-18-20-21-22-23-24-25-26-27-28-30-31-33-35-37-39-41-48(51)55-45-47(46-57-59(53,54)56-44-43-50(3,4)5)58-49(52)42-40-38-36-34-32-29-19-17-15-13-11-9-7-2/h9,11,13-17,19-21,23-24,29,32,47H,6-8,10,12,18,22,25-28,30-31,33-46H2,1-5H3/b11-9+,15-13+,16-14+,19-17+,21-20+,24-23+,32-29+. The normalized spacial score (nSPS) is 14.3. The Morgan fingerprint density at radius 2 is 1.03 bits per heavy atom. The van der Waals surface area contributed by atoms with Crippen molar-refractivity contribution in [2.45, 2.75) is 168 Å². The van der Waals surface area contributed by atoms with Crippen molar-refractivity contribution in [2.75, 3.05) is 47.5 Å². The van der Waals surface area contributed by atoms with Gasteiger partial charge in [0.25, 0.3) is 7.82 Å². The van der Waals surface area contributed by atoms with Gasteiger partial charge in [0.05, 0.1) is 27.7 Å². The zero-order valence-electron chi connectivity index (χ0n) is 37.9. The number of phosphoric acid groups is 1. The van der Waals surface area contributed by atoms with Gasteiger partial charge in [-0.25, -0.2) is 0 Å². The summed E-state index contributed by atoms with van der Waals surface area (Å²) in [5.74, 6) is -0.894. The van der Waals surface area contributed by atoms with E-state index in [1.165, 1.54) is 57.8 Å². The molecule has 0 N–H and O–H groups in total. The summed E-state index contributed by atoms with van der Waals surface area (Å²) in [5.41, 5.74) is 0. The summed E-state index contributed by atoms with van der Waals surface area (Å²) in [4.78, 5) is 37.5. The Balaban J connectivity index is 4.34. The van der Waals surface area contributed by atoms with Gasteiger partial charge in [-0.1, -0.05) is 163 Å². The molecular formula is C49H84NO8P. The lowest BCUT2D eigenvalue weighted by atomic mass is 10.1. The van der Waals surface area contributed by atoms with Crippen molar-refractivity contribution in [2.24, 2.45) is 0 Å². The van der Waals surface area contributed by atoms with Crippen molar-refractivity contribution < 1.29 is 42.1 Å². The number of nitrogens with zero attached hydrogens (tertiary/aromatic N) is 1. The molecule has 0 rings (SSSR count). The summed E-state index contributed by atoms with van der Waals surface area (Å²) in [6.45, 7) is 3.98. The van der Waals surface area contributed by atoms with Gasteiger partial charge in [0.15, 0.2) is 6.10 Å². The van der Waals surface area contributed by atoms with Gasteiger partial charge in [0, 0.05) is 12.8 Å². The summed E-state index contributed by atoms with van der Waals surface area (Å²) < 4.78 is 33.8. The predicted molar refractivity (Wildman–Crippen MR) is 245 cm³/mol. The third-order valence-corrected chi connectivity index (χ3v) is 10.2. The van der Waals surface area contributed by atoms with Crippen LogP contribution in [0.25, 0.3) is 0 Å². The largest absolute Gasteiger partial charge is 0.756 e. The molecule has 0 heterocycles. The second kappa shape index (κ2) is 40.6. The molecule has 0 amide bonds. The smallest absolute Gasteiger partial charge is 0.306 e. The molecule has 9 nitrogen and oxygen atoms in total. The Bertz CT molecular complexity index is 1280. The first kappa shape index (κ1) is 56.2. The van der Waals surface area contributed by atoms with Gasteiger partial charge in [-0.3, -0.25) is 14.2 Å². The number of carbonyl (C=O) groups excluding carboxylic acids is 2. The molecule has 2 unspecified atom stereocenters. The van der Waals surface area contributed by atoms with Gasteiger partial charge in [-0.05, 0) is 70.6 Å². The third-order valence-electron chi connectivity index (χ3n) is 9.24. The van der Waals surface area contributed by atoms with E-state index in [0.29, 0.717) is 23.9 Å². The molecule has 338 valence electrons. The summed E-state index contributed by atoms with van der Waals surface area (Å²) in [7, 11) is 1.12. The molecule has 2 atom stereocenters. The van der Waals surface area contributed by atoms with Gasteiger partial charge in [-0.15, -0.1) is 0 Å². The number of ether oxygens (including phenoxy) is 2. The lowest BCUT2D eigenvalue weighted by Gasteiger charge is -2.28. The molecule has 59 heavy (non-hydrogen) atoms. The van der Waals surface area contributed by atoms with Gasteiger partial charge >= 0.3 is 11.9 Å². The van der Waals surface area contributed by atoms with Crippen molar-refractivity contribution in [3.05, 3.63) is 85.1 Å². The molecule has 0 radical (unpaired) electrons. The van der Waals surface area contributed by atoms with Crippen LogP contribution in [0.3, 0.4) is 0 Å². The van der Waals surface area contributed by atoms with Crippen molar-refractivity contribution >= 4 is 19.8 Å². The van der Waals surface area contributed by atoms with E-state index < -0.39 is 32.5 Å². The number of esters is 2. The van der Waals surface area contributed by atoms with Crippen LogP contribution in [-0.4, -0.2) is 70.0 Å². The van der Waals surface area contributed by atoms with Gasteiger partial charge < -0.3 is 27.9 Å². The lowest BCUT2D eigenvalue weighted by molar-refractivity contribution is -0.870.